The molecule has 0 fully saturated rings. The summed E-state index contributed by atoms with van der Waals surface area (Å²) in [6, 6.07) is 4.56. The number of amides is 1. The quantitative estimate of drug-likeness (QED) is 0.441. The van der Waals surface area contributed by atoms with Crippen molar-refractivity contribution in [3.63, 3.8) is 0 Å². The Hall–Kier alpha value is -3.82. The topological polar surface area (TPSA) is 133 Å². The van der Waals surface area contributed by atoms with Crippen molar-refractivity contribution in [3.05, 3.63) is 46.3 Å². The van der Waals surface area contributed by atoms with E-state index in [0.29, 0.717) is 22.8 Å². The van der Waals surface area contributed by atoms with Crippen LogP contribution in [0.15, 0.2) is 18.2 Å². The first kappa shape index (κ1) is 24.4. The normalized spacial score (nSPS) is 11.3. The number of hydrogen-bond acceptors (Lipinski definition) is 8. The molecule has 10 heteroatoms. The van der Waals surface area contributed by atoms with Gasteiger partial charge in [-0.1, -0.05) is 0 Å². The third-order valence-electron chi connectivity index (χ3n) is 4.79. The Kier molecular flexibility index (Phi) is 8.00. The largest absolute Gasteiger partial charge is 0.493 e. The number of aryl methyl sites for hydroxylation is 1. The SMILES string of the molecule is COC(=O)c1c(C)[nH]c(C(=O)C(C)OC(=O)CNC(=O)c2ccc(OC)c(OC)c2)c1C. The molecule has 1 amide bonds. The number of ether oxygens (including phenoxy) is 4. The average molecular weight is 446 g/mol. The summed E-state index contributed by atoms with van der Waals surface area (Å²) < 4.78 is 20.1. The molecule has 1 atom stereocenters. The number of Topliss-reactive ketones (excluding diaryl/α,β-unsaturated/α-hetero) is 1. The van der Waals surface area contributed by atoms with E-state index >= 15 is 0 Å². The van der Waals surface area contributed by atoms with Crippen molar-refractivity contribution < 1.29 is 38.1 Å². The van der Waals surface area contributed by atoms with Crippen molar-refractivity contribution in [2.45, 2.75) is 26.9 Å². The number of hydrogen-bond donors (Lipinski definition) is 2. The number of aromatic nitrogens is 1. The predicted molar refractivity (Wildman–Crippen MR) is 113 cm³/mol. The standard InChI is InChI=1S/C22H26N2O8/c1-11-18(22(28)31-6)12(2)24-19(11)20(26)13(3)32-17(25)10-23-21(27)14-7-8-15(29-4)16(9-14)30-5/h7-9,13,24H,10H2,1-6H3,(H,23,27). The van der Waals surface area contributed by atoms with E-state index in [9.17, 15) is 19.2 Å². The fourth-order valence-electron chi connectivity index (χ4n) is 3.13. The van der Waals surface area contributed by atoms with Crippen LogP contribution in [0.25, 0.3) is 0 Å². The minimum atomic E-state index is -1.14. The van der Waals surface area contributed by atoms with E-state index in [2.05, 4.69) is 10.3 Å². The minimum absolute atomic E-state index is 0.151. The van der Waals surface area contributed by atoms with Crippen LogP contribution in [0, 0.1) is 13.8 Å². The fraction of sp³-hybridized carbons (Fsp3) is 0.364. The molecule has 1 aromatic heterocycles. The number of aromatic amines is 1. The number of methoxy groups -OCH3 is 3. The highest BCUT2D eigenvalue weighted by Gasteiger charge is 2.27. The lowest BCUT2D eigenvalue weighted by atomic mass is 10.1. The number of nitrogens with one attached hydrogen (secondary N) is 2. The zero-order valence-corrected chi connectivity index (χ0v) is 18.8. The van der Waals surface area contributed by atoms with Crippen LogP contribution >= 0.6 is 0 Å². The second kappa shape index (κ2) is 10.5. The van der Waals surface area contributed by atoms with Crippen LogP contribution in [0.2, 0.25) is 0 Å². The summed E-state index contributed by atoms with van der Waals surface area (Å²) in [5, 5.41) is 2.43. The van der Waals surface area contributed by atoms with Crippen molar-refractivity contribution in [2.24, 2.45) is 0 Å². The smallest absolute Gasteiger partial charge is 0.339 e. The summed E-state index contributed by atoms with van der Waals surface area (Å²) >= 11 is 0. The van der Waals surface area contributed by atoms with E-state index in [1.807, 2.05) is 0 Å². The lowest BCUT2D eigenvalue weighted by molar-refractivity contribution is -0.145. The van der Waals surface area contributed by atoms with Crippen LogP contribution in [0.3, 0.4) is 0 Å². The lowest BCUT2D eigenvalue weighted by Gasteiger charge is -2.13. The maximum Gasteiger partial charge on any atom is 0.339 e. The molecule has 0 bridgehead atoms. The zero-order chi connectivity index (χ0) is 24.0. The van der Waals surface area contributed by atoms with Gasteiger partial charge < -0.3 is 29.2 Å². The molecule has 1 unspecified atom stereocenters. The van der Waals surface area contributed by atoms with Gasteiger partial charge in [-0.25, -0.2) is 4.79 Å². The highest BCUT2D eigenvalue weighted by Crippen LogP contribution is 2.27. The molecule has 0 aliphatic carbocycles. The Balaban J connectivity index is 1.99. The molecule has 32 heavy (non-hydrogen) atoms. The molecule has 0 radical (unpaired) electrons. The average Bonchev–Trinajstić information content (AvgIpc) is 3.09. The summed E-state index contributed by atoms with van der Waals surface area (Å²) in [7, 11) is 4.16. The van der Waals surface area contributed by atoms with E-state index in [1.54, 1.807) is 19.9 Å². The molecule has 2 aromatic rings. The first-order valence-electron chi connectivity index (χ1n) is 9.65. The van der Waals surface area contributed by atoms with Crippen LogP contribution in [0.1, 0.15) is 49.4 Å². The lowest BCUT2D eigenvalue weighted by Crippen LogP contribution is -2.34. The molecule has 0 spiro atoms. The van der Waals surface area contributed by atoms with Gasteiger partial charge in [-0.15, -0.1) is 0 Å². The first-order valence-corrected chi connectivity index (χ1v) is 9.65. The number of esters is 2. The van der Waals surface area contributed by atoms with Gasteiger partial charge in [-0.3, -0.25) is 14.4 Å². The monoisotopic (exact) mass is 446 g/mol. The third-order valence-corrected chi connectivity index (χ3v) is 4.79. The van der Waals surface area contributed by atoms with Gasteiger partial charge in [-0.05, 0) is 44.5 Å². The van der Waals surface area contributed by atoms with E-state index in [1.165, 1.54) is 40.4 Å². The molecule has 0 aliphatic rings. The molecular formula is C22H26N2O8. The second-order valence-electron chi connectivity index (χ2n) is 6.87. The van der Waals surface area contributed by atoms with E-state index in [4.69, 9.17) is 18.9 Å². The molecule has 1 aromatic carbocycles. The highest BCUT2D eigenvalue weighted by atomic mass is 16.5. The number of benzene rings is 1. The summed E-state index contributed by atoms with van der Waals surface area (Å²) in [4.78, 5) is 51.9. The van der Waals surface area contributed by atoms with Crippen LogP contribution in [-0.4, -0.2) is 62.6 Å². The third kappa shape index (κ3) is 5.26. The van der Waals surface area contributed by atoms with Crippen LogP contribution in [0.5, 0.6) is 11.5 Å². The van der Waals surface area contributed by atoms with Crippen LogP contribution in [-0.2, 0) is 14.3 Å². The van der Waals surface area contributed by atoms with Crippen molar-refractivity contribution >= 4 is 23.6 Å². The van der Waals surface area contributed by atoms with Crippen molar-refractivity contribution in [1.82, 2.24) is 10.3 Å². The zero-order valence-electron chi connectivity index (χ0n) is 18.8. The number of rotatable bonds is 9. The molecule has 2 N–H and O–H groups in total. The summed E-state index contributed by atoms with van der Waals surface area (Å²) in [6.45, 7) is 4.20. The van der Waals surface area contributed by atoms with E-state index in [0.717, 1.165) is 0 Å². The Morgan fingerprint density at radius 3 is 2.28 bits per heavy atom. The van der Waals surface area contributed by atoms with Crippen LogP contribution in [0.4, 0.5) is 0 Å². The summed E-state index contributed by atoms with van der Waals surface area (Å²) in [5.41, 5.74) is 1.55. The maximum absolute atomic E-state index is 12.7. The molecule has 172 valence electrons. The Morgan fingerprint density at radius 1 is 1.03 bits per heavy atom. The molecule has 0 aliphatic heterocycles. The number of carbonyl (C=O) groups excluding carboxylic acids is 4. The fourth-order valence-corrected chi connectivity index (χ4v) is 3.13. The molecular weight excluding hydrogens is 420 g/mol. The van der Waals surface area contributed by atoms with Gasteiger partial charge in [0.15, 0.2) is 17.6 Å². The van der Waals surface area contributed by atoms with Gasteiger partial charge in [0.05, 0.1) is 32.6 Å². The molecule has 0 saturated heterocycles. The highest BCUT2D eigenvalue weighted by molar-refractivity contribution is 6.04. The molecule has 10 nitrogen and oxygen atoms in total. The molecule has 1 heterocycles. The van der Waals surface area contributed by atoms with E-state index in [-0.39, 0.29) is 16.8 Å². The minimum Gasteiger partial charge on any atom is -0.493 e. The second-order valence-corrected chi connectivity index (χ2v) is 6.87. The predicted octanol–water partition coefficient (Wildman–Crippen LogP) is 1.98. The number of carbonyl (C=O) groups is 4. The van der Waals surface area contributed by atoms with Crippen molar-refractivity contribution in [3.8, 4) is 11.5 Å². The number of ketones is 1. The van der Waals surface area contributed by atoms with Gasteiger partial charge in [0.25, 0.3) is 5.91 Å². The van der Waals surface area contributed by atoms with Gasteiger partial charge in [-0.2, -0.15) is 0 Å². The number of H-pyrrole nitrogens is 1. The Labute approximate surface area is 185 Å². The van der Waals surface area contributed by atoms with Crippen molar-refractivity contribution in [2.75, 3.05) is 27.9 Å². The summed E-state index contributed by atoms with van der Waals surface area (Å²) in [5.74, 6) is -1.58. The summed E-state index contributed by atoms with van der Waals surface area (Å²) in [6.07, 6.45) is -1.14. The van der Waals surface area contributed by atoms with Gasteiger partial charge in [0, 0.05) is 11.3 Å². The Morgan fingerprint density at radius 2 is 1.69 bits per heavy atom. The maximum atomic E-state index is 12.7. The van der Waals surface area contributed by atoms with Gasteiger partial charge in [0.2, 0.25) is 5.78 Å². The molecule has 0 saturated carbocycles. The van der Waals surface area contributed by atoms with E-state index < -0.39 is 36.3 Å². The van der Waals surface area contributed by atoms with Crippen molar-refractivity contribution in [1.29, 1.82) is 0 Å². The Bertz CT molecular complexity index is 1040. The van der Waals surface area contributed by atoms with Gasteiger partial charge in [0.1, 0.15) is 6.54 Å². The van der Waals surface area contributed by atoms with Gasteiger partial charge >= 0.3 is 11.9 Å². The molecule has 2 rings (SSSR count). The van der Waals surface area contributed by atoms with Crippen LogP contribution < -0.4 is 14.8 Å². The first-order chi connectivity index (χ1) is 15.1.